The van der Waals surface area contributed by atoms with Crippen molar-refractivity contribution in [2.75, 3.05) is 26.0 Å². The highest BCUT2D eigenvalue weighted by molar-refractivity contribution is 7.89. The predicted octanol–water partition coefficient (Wildman–Crippen LogP) is 3.00. The van der Waals surface area contributed by atoms with Crippen LogP contribution in [0.15, 0.2) is 24.3 Å². The van der Waals surface area contributed by atoms with Crippen LogP contribution in [-0.2, 0) is 26.2 Å². The number of rotatable bonds is 6. The molecule has 0 N–H and O–H groups in total. The largest absolute Gasteiger partial charge is 0.497 e. The van der Waals surface area contributed by atoms with E-state index in [2.05, 4.69) is 4.98 Å². The third-order valence-electron chi connectivity index (χ3n) is 4.97. The molecule has 1 aliphatic rings. The van der Waals surface area contributed by atoms with Crippen LogP contribution in [0.25, 0.3) is 10.9 Å². The van der Waals surface area contributed by atoms with E-state index in [4.69, 9.17) is 21.1 Å². The van der Waals surface area contributed by atoms with E-state index in [-0.39, 0.29) is 29.4 Å². The number of methoxy groups -OCH3 is 1. The maximum atomic E-state index is 12.4. The van der Waals surface area contributed by atoms with Crippen LogP contribution in [0.3, 0.4) is 0 Å². The number of pyridine rings is 1. The Morgan fingerprint density at radius 1 is 1.29 bits per heavy atom. The molecule has 28 heavy (non-hydrogen) atoms. The molecule has 0 atom stereocenters. The fourth-order valence-electron chi connectivity index (χ4n) is 3.21. The van der Waals surface area contributed by atoms with Crippen molar-refractivity contribution in [1.29, 1.82) is 0 Å². The number of piperidine rings is 1. The Hall–Kier alpha value is -1.90. The Bertz CT molecular complexity index is 972. The molecule has 0 spiro atoms. The van der Waals surface area contributed by atoms with Crippen LogP contribution in [-0.4, -0.2) is 49.6 Å². The number of carbonyl (C=O) groups is 1. The standard InChI is InChI=1S/C19H23ClN2O5S/c1-3-28(24,25)22-8-6-13(7-9-22)19(23)27-12-15-10-14-4-5-16(26-2)11-17(14)21-18(15)20/h4-5,10-11,13H,3,6-9,12H2,1-2H3. The van der Waals surface area contributed by atoms with Gasteiger partial charge in [-0.3, -0.25) is 4.79 Å². The summed E-state index contributed by atoms with van der Waals surface area (Å²) in [6.45, 7) is 2.33. The van der Waals surface area contributed by atoms with Gasteiger partial charge >= 0.3 is 5.97 Å². The van der Waals surface area contributed by atoms with Crippen molar-refractivity contribution in [3.05, 3.63) is 35.0 Å². The van der Waals surface area contributed by atoms with E-state index in [0.717, 1.165) is 5.39 Å². The molecule has 1 aliphatic heterocycles. The normalized spacial score (nSPS) is 16.2. The number of nitrogens with zero attached hydrogens (tertiary/aromatic N) is 2. The molecular formula is C19H23ClN2O5S. The highest BCUT2D eigenvalue weighted by Gasteiger charge is 2.31. The molecule has 7 nitrogen and oxygen atoms in total. The van der Waals surface area contributed by atoms with Gasteiger partial charge < -0.3 is 9.47 Å². The molecule has 3 rings (SSSR count). The van der Waals surface area contributed by atoms with Crippen LogP contribution in [0.5, 0.6) is 5.75 Å². The Morgan fingerprint density at radius 2 is 2.00 bits per heavy atom. The van der Waals surface area contributed by atoms with Crippen LogP contribution in [0.4, 0.5) is 0 Å². The van der Waals surface area contributed by atoms with Crippen molar-refractivity contribution in [3.63, 3.8) is 0 Å². The minimum Gasteiger partial charge on any atom is -0.497 e. The molecule has 152 valence electrons. The van der Waals surface area contributed by atoms with Crippen LogP contribution >= 0.6 is 11.6 Å². The summed E-state index contributed by atoms with van der Waals surface area (Å²) in [5.41, 5.74) is 1.32. The summed E-state index contributed by atoms with van der Waals surface area (Å²) in [5, 5.41) is 1.15. The fraction of sp³-hybridized carbons (Fsp3) is 0.474. The van der Waals surface area contributed by atoms with Crippen molar-refractivity contribution in [2.24, 2.45) is 5.92 Å². The van der Waals surface area contributed by atoms with Gasteiger partial charge in [0.15, 0.2) is 0 Å². The van der Waals surface area contributed by atoms with E-state index in [1.807, 2.05) is 18.2 Å². The molecule has 0 saturated carbocycles. The van der Waals surface area contributed by atoms with E-state index in [9.17, 15) is 13.2 Å². The first kappa shape index (κ1) is 20.8. The van der Waals surface area contributed by atoms with Gasteiger partial charge in [-0.15, -0.1) is 0 Å². The third kappa shape index (κ3) is 4.56. The third-order valence-corrected chi connectivity index (χ3v) is 7.18. The van der Waals surface area contributed by atoms with Crippen LogP contribution in [0.1, 0.15) is 25.3 Å². The second-order valence-electron chi connectivity index (χ2n) is 6.68. The number of benzene rings is 1. The average Bonchev–Trinajstić information content (AvgIpc) is 2.71. The zero-order valence-electron chi connectivity index (χ0n) is 15.9. The van der Waals surface area contributed by atoms with Crippen molar-refractivity contribution in [1.82, 2.24) is 9.29 Å². The Morgan fingerprint density at radius 3 is 2.64 bits per heavy atom. The van der Waals surface area contributed by atoms with Gasteiger partial charge in [0.25, 0.3) is 0 Å². The molecule has 1 fully saturated rings. The van der Waals surface area contributed by atoms with Gasteiger partial charge in [-0.1, -0.05) is 11.6 Å². The molecule has 1 saturated heterocycles. The van der Waals surface area contributed by atoms with Gasteiger partial charge in [-0.05, 0) is 38.0 Å². The number of hydrogen-bond acceptors (Lipinski definition) is 6. The van der Waals surface area contributed by atoms with E-state index < -0.39 is 10.0 Å². The van der Waals surface area contributed by atoms with Crippen molar-refractivity contribution >= 4 is 38.5 Å². The predicted molar refractivity (Wildman–Crippen MR) is 107 cm³/mol. The maximum Gasteiger partial charge on any atom is 0.309 e. The molecule has 2 aromatic rings. The molecule has 0 radical (unpaired) electrons. The highest BCUT2D eigenvalue weighted by Crippen LogP contribution is 2.26. The highest BCUT2D eigenvalue weighted by atomic mass is 35.5. The van der Waals surface area contributed by atoms with Gasteiger partial charge in [-0.25, -0.2) is 17.7 Å². The summed E-state index contributed by atoms with van der Waals surface area (Å²) < 4.78 is 35.9. The fourth-order valence-corrected chi connectivity index (χ4v) is 4.55. The lowest BCUT2D eigenvalue weighted by molar-refractivity contribution is -0.151. The van der Waals surface area contributed by atoms with Crippen LogP contribution in [0.2, 0.25) is 5.15 Å². The second-order valence-corrected chi connectivity index (χ2v) is 9.29. The Balaban J connectivity index is 1.61. The summed E-state index contributed by atoms with van der Waals surface area (Å²) in [6, 6.07) is 7.32. The summed E-state index contributed by atoms with van der Waals surface area (Å²) in [5.74, 6) is 0.118. The first-order valence-corrected chi connectivity index (χ1v) is 11.1. The zero-order chi connectivity index (χ0) is 20.3. The smallest absolute Gasteiger partial charge is 0.309 e. The second kappa shape index (κ2) is 8.63. The molecule has 1 aromatic heterocycles. The lowest BCUT2D eigenvalue weighted by Crippen LogP contribution is -2.41. The monoisotopic (exact) mass is 426 g/mol. The maximum absolute atomic E-state index is 12.4. The topological polar surface area (TPSA) is 85.8 Å². The first-order valence-electron chi connectivity index (χ1n) is 9.11. The Labute approximate surface area is 169 Å². The van der Waals surface area contributed by atoms with E-state index in [0.29, 0.717) is 42.8 Å². The average molecular weight is 427 g/mol. The number of aromatic nitrogens is 1. The zero-order valence-corrected chi connectivity index (χ0v) is 17.4. The minimum absolute atomic E-state index is 0.0279. The van der Waals surface area contributed by atoms with E-state index in [1.165, 1.54) is 4.31 Å². The summed E-state index contributed by atoms with van der Waals surface area (Å²) in [7, 11) is -1.63. The van der Waals surface area contributed by atoms with Crippen molar-refractivity contribution in [3.8, 4) is 5.75 Å². The van der Waals surface area contributed by atoms with E-state index in [1.54, 1.807) is 20.1 Å². The summed E-state index contributed by atoms with van der Waals surface area (Å²) in [4.78, 5) is 16.7. The van der Waals surface area contributed by atoms with Crippen LogP contribution in [0, 0.1) is 5.92 Å². The SMILES string of the molecule is CCS(=O)(=O)N1CCC(C(=O)OCc2cc3ccc(OC)cc3nc2Cl)CC1. The summed E-state index contributed by atoms with van der Waals surface area (Å²) >= 11 is 6.24. The van der Waals surface area contributed by atoms with Gasteiger partial charge in [0.1, 0.15) is 17.5 Å². The molecule has 0 amide bonds. The van der Waals surface area contributed by atoms with Gasteiger partial charge in [0.2, 0.25) is 10.0 Å². The number of ether oxygens (including phenoxy) is 2. The lowest BCUT2D eigenvalue weighted by Gasteiger charge is -2.29. The molecule has 0 unspecified atom stereocenters. The number of fused-ring (bicyclic) bond motifs is 1. The Kier molecular flexibility index (Phi) is 6.42. The van der Waals surface area contributed by atoms with Crippen molar-refractivity contribution < 1.29 is 22.7 Å². The van der Waals surface area contributed by atoms with Crippen molar-refractivity contribution in [2.45, 2.75) is 26.4 Å². The molecule has 9 heteroatoms. The molecule has 0 aliphatic carbocycles. The van der Waals surface area contributed by atoms with Gasteiger partial charge in [0.05, 0.1) is 24.3 Å². The van der Waals surface area contributed by atoms with Gasteiger partial charge in [-0.2, -0.15) is 0 Å². The number of esters is 1. The summed E-state index contributed by atoms with van der Waals surface area (Å²) in [6.07, 6.45) is 0.920. The first-order chi connectivity index (χ1) is 13.3. The molecule has 2 heterocycles. The number of carbonyl (C=O) groups excluding carboxylic acids is 1. The molecule has 1 aromatic carbocycles. The quantitative estimate of drug-likeness (QED) is 0.521. The number of sulfonamides is 1. The van der Waals surface area contributed by atoms with Crippen LogP contribution < -0.4 is 4.74 Å². The minimum atomic E-state index is -3.21. The lowest BCUT2D eigenvalue weighted by atomic mass is 9.98. The van der Waals surface area contributed by atoms with Gasteiger partial charge in [0, 0.05) is 30.1 Å². The van der Waals surface area contributed by atoms with E-state index >= 15 is 0 Å². The number of hydrogen-bond donors (Lipinski definition) is 0. The molecular weight excluding hydrogens is 404 g/mol. The molecule has 0 bridgehead atoms. The number of halogens is 1.